The van der Waals surface area contributed by atoms with E-state index in [9.17, 15) is 22.8 Å². The molecule has 1 fully saturated rings. The molecule has 2 aromatic rings. The Kier molecular flexibility index (Phi) is 6.64. The van der Waals surface area contributed by atoms with Crippen LogP contribution in [0.5, 0.6) is 0 Å². The third-order valence-electron chi connectivity index (χ3n) is 4.85. The van der Waals surface area contributed by atoms with Gasteiger partial charge in [0.05, 0.1) is 18.2 Å². The Morgan fingerprint density at radius 2 is 1.80 bits per heavy atom. The molecule has 0 atom stereocenters. The van der Waals surface area contributed by atoms with E-state index >= 15 is 0 Å². The molecule has 0 spiro atoms. The molecular weight excluding hydrogens is 430 g/mol. The lowest BCUT2D eigenvalue weighted by Gasteiger charge is -2.30. The van der Waals surface area contributed by atoms with Gasteiger partial charge in [-0.15, -0.1) is 0 Å². The summed E-state index contributed by atoms with van der Waals surface area (Å²) in [6, 6.07) is 5.83. The number of esters is 1. The summed E-state index contributed by atoms with van der Waals surface area (Å²) in [5.41, 5.74) is 0.446. The molecule has 30 heavy (non-hydrogen) atoms. The number of thiazole rings is 1. The van der Waals surface area contributed by atoms with Crippen LogP contribution < -0.4 is 5.32 Å². The Morgan fingerprint density at radius 1 is 1.17 bits per heavy atom. The normalized spacial score (nSPS) is 15.5. The van der Waals surface area contributed by atoms with E-state index < -0.39 is 16.0 Å². The largest absolute Gasteiger partial charge is 0.465 e. The second kappa shape index (κ2) is 9.02. The number of piperidine rings is 1. The van der Waals surface area contributed by atoms with Crippen molar-refractivity contribution in [3.63, 3.8) is 0 Å². The highest BCUT2D eigenvalue weighted by atomic mass is 32.2. The summed E-state index contributed by atoms with van der Waals surface area (Å²) in [5, 5.41) is 2.97. The van der Waals surface area contributed by atoms with Gasteiger partial charge in [0, 0.05) is 24.6 Å². The number of rotatable bonds is 6. The predicted octanol–water partition coefficient (Wildman–Crippen LogP) is 2.17. The van der Waals surface area contributed by atoms with Crippen LogP contribution in [0.2, 0.25) is 0 Å². The maximum atomic E-state index is 12.8. The van der Waals surface area contributed by atoms with E-state index in [1.54, 1.807) is 0 Å². The second-order valence-corrected chi connectivity index (χ2v) is 9.74. The van der Waals surface area contributed by atoms with Gasteiger partial charge in [0.1, 0.15) is 4.88 Å². The van der Waals surface area contributed by atoms with Crippen LogP contribution in [0.3, 0.4) is 0 Å². The number of sulfonamides is 1. The molecule has 11 heteroatoms. The summed E-state index contributed by atoms with van der Waals surface area (Å²) in [6.07, 6.45) is 2.07. The first-order valence-electron chi connectivity index (χ1n) is 9.18. The Bertz CT molecular complexity index is 1050. The van der Waals surface area contributed by atoms with Crippen LogP contribution in [0.4, 0.5) is 5.13 Å². The Hall–Kier alpha value is -2.63. The molecule has 0 radical (unpaired) electrons. The first-order chi connectivity index (χ1) is 14.2. The maximum absolute atomic E-state index is 12.8. The number of methoxy groups -OCH3 is 1. The molecule has 1 saturated heterocycles. The number of carbonyl (C=O) groups excluding carboxylic acids is 3. The van der Waals surface area contributed by atoms with Crippen LogP contribution in [-0.2, 0) is 19.6 Å². The van der Waals surface area contributed by atoms with Crippen LogP contribution in [0.25, 0.3) is 0 Å². The maximum Gasteiger partial charge on any atom is 0.349 e. The minimum atomic E-state index is -3.69. The van der Waals surface area contributed by atoms with Crippen molar-refractivity contribution >= 4 is 44.2 Å². The van der Waals surface area contributed by atoms with Gasteiger partial charge in [-0.25, -0.2) is 18.2 Å². The van der Waals surface area contributed by atoms with Crippen LogP contribution in [-0.4, -0.2) is 55.6 Å². The fourth-order valence-electron chi connectivity index (χ4n) is 3.10. The van der Waals surface area contributed by atoms with Gasteiger partial charge in [0.2, 0.25) is 15.9 Å². The van der Waals surface area contributed by atoms with Crippen LogP contribution in [0.15, 0.2) is 35.4 Å². The molecule has 1 N–H and O–H groups in total. The summed E-state index contributed by atoms with van der Waals surface area (Å²) >= 11 is 1.02. The van der Waals surface area contributed by atoms with Crippen molar-refractivity contribution in [3.05, 3.63) is 40.9 Å². The van der Waals surface area contributed by atoms with Gasteiger partial charge in [-0.1, -0.05) is 23.5 Å². The number of amides is 1. The van der Waals surface area contributed by atoms with E-state index in [1.807, 2.05) is 0 Å². The van der Waals surface area contributed by atoms with Gasteiger partial charge in [-0.2, -0.15) is 4.31 Å². The monoisotopic (exact) mass is 451 g/mol. The standard InChI is InChI=1S/C19H21N3O6S2/c1-12(23)13-3-5-15(6-4-13)30(26,27)22-9-7-14(8-10-22)17(24)21-19-20-11-16(29-19)18(25)28-2/h3-6,11,14H,7-10H2,1-2H3,(H,20,21,24). The highest BCUT2D eigenvalue weighted by Gasteiger charge is 2.32. The minimum Gasteiger partial charge on any atom is -0.465 e. The Morgan fingerprint density at radius 3 is 2.37 bits per heavy atom. The number of nitrogens with one attached hydrogen (secondary N) is 1. The number of hydrogen-bond acceptors (Lipinski definition) is 8. The summed E-state index contributed by atoms with van der Waals surface area (Å²) in [6.45, 7) is 1.83. The molecule has 0 unspecified atom stereocenters. The molecule has 1 amide bonds. The molecule has 0 aliphatic carbocycles. The number of carbonyl (C=O) groups is 3. The lowest BCUT2D eigenvalue weighted by molar-refractivity contribution is -0.120. The van der Waals surface area contributed by atoms with E-state index in [-0.39, 0.29) is 40.5 Å². The lowest BCUT2D eigenvalue weighted by Crippen LogP contribution is -2.41. The molecule has 3 rings (SSSR count). The van der Waals surface area contributed by atoms with Crippen molar-refractivity contribution in [3.8, 4) is 0 Å². The fraction of sp³-hybridized carbons (Fsp3) is 0.368. The van der Waals surface area contributed by atoms with Gasteiger partial charge in [0.25, 0.3) is 0 Å². The van der Waals surface area contributed by atoms with Gasteiger partial charge < -0.3 is 10.1 Å². The molecule has 1 aromatic heterocycles. The van der Waals surface area contributed by atoms with Crippen molar-refractivity contribution in [1.82, 2.24) is 9.29 Å². The average Bonchev–Trinajstić information content (AvgIpc) is 3.21. The van der Waals surface area contributed by atoms with Crippen LogP contribution in [0, 0.1) is 5.92 Å². The second-order valence-electron chi connectivity index (χ2n) is 6.77. The van der Waals surface area contributed by atoms with E-state index in [0.29, 0.717) is 23.5 Å². The SMILES string of the molecule is COC(=O)c1cnc(NC(=O)C2CCN(S(=O)(=O)c3ccc(C(C)=O)cc3)CC2)s1. The quantitative estimate of drug-likeness (QED) is 0.527. The molecule has 0 bridgehead atoms. The lowest BCUT2D eigenvalue weighted by atomic mass is 9.97. The molecular formula is C19H21N3O6S2. The van der Waals surface area contributed by atoms with E-state index in [1.165, 1.54) is 48.8 Å². The van der Waals surface area contributed by atoms with Crippen LogP contribution in [0.1, 0.15) is 39.8 Å². The van der Waals surface area contributed by atoms with E-state index in [0.717, 1.165) is 11.3 Å². The molecule has 1 aliphatic heterocycles. The summed E-state index contributed by atoms with van der Waals surface area (Å²) in [5.74, 6) is -1.28. The zero-order valence-electron chi connectivity index (χ0n) is 16.5. The predicted molar refractivity (Wildman–Crippen MR) is 110 cm³/mol. The fourth-order valence-corrected chi connectivity index (χ4v) is 5.31. The number of nitrogens with zero attached hydrogens (tertiary/aromatic N) is 2. The van der Waals surface area contributed by atoms with E-state index in [2.05, 4.69) is 15.0 Å². The highest BCUT2D eigenvalue weighted by molar-refractivity contribution is 7.89. The summed E-state index contributed by atoms with van der Waals surface area (Å²) < 4.78 is 31.6. The van der Waals surface area contributed by atoms with Crippen molar-refractivity contribution in [2.24, 2.45) is 5.92 Å². The Labute approximate surface area is 178 Å². The number of hydrogen-bond donors (Lipinski definition) is 1. The smallest absolute Gasteiger partial charge is 0.349 e. The highest BCUT2D eigenvalue weighted by Crippen LogP contribution is 2.26. The number of anilines is 1. The molecule has 0 saturated carbocycles. The topological polar surface area (TPSA) is 123 Å². The van der Waals surface area contributed by atoms with Gasteiger partial charge in [-0.05, 0) is 31.9 Å². The van der Waals surface area contributed by atoms with E-state index in [4.69, 9.17) is 0 Å². The van der Waals surface area contributed by atoms with Crippen molar-refractivity contribution in [2.75, 3.05) is 25.5 Å². The molecule has 1 aliphatic rings. The number of Topliss-reactive ketones (excluding diaryl/α,β-unsaturated/α-hetero) is 1. The van der Waals surface area contributed by atoms with Crippen molar-refractivity contribution in [1.29, 1.82) is 0 Å². The van der Waals surface area contributed by atoms with Crippen molar-refractivity contribution in [2.45, 2.75) is 24.7 Å². The minimum absolute atomic E-state index is 0.119. The molecule has 1 aromatic carbocycles. The number of ether oxygens (including phenoxy) is 1. The average molecular weight is 452 g/mol. The Balaban J connectivity index is 1.59. The van der Waals surface area contributed by atoms with Crippen LogP contribution >= 0.6 is 11.3 Å². The molecule has 160 valence electrons. The zero-order valence-corrected chi connectivity index (χ0v) is 18.1. The number of benzene rings is 1. The van der Waals surface area contributed by atoms with Gasteiger partial charge in [0.15, 0.2) is 10.9 Å². The van der Waals surface area contributed by atoms with Gasteiger partial charge in [-0.3, -0.25) is 9.59 Å². The first kappa shape index (κ1) is 22.1. The molecule has 2 heterocycles. The number of ketones is 1. The summed E-state index contributed by atoms with van der Waals surface area (Å²) in [4.78, 5) is 39.7. The van der Waals surface area contributed by atoms with Gasteiger partial charge >= 0.3 is 5.97 Å². The third kappa shape index (κ3) is 4.74. The molecule has 9 nitrogen and oxygen atoms in total. The number of aromatic nitrogens is 1. The zero-order chi connectivity index (χ0) is 21.9. The first-order valence-corrected chi connectivity index (χ1v) is 11.4. The summed E-state index contributed by atoms with van der Waals surface area (Å²) in [7, 11) is -2.43. The van der Waals surface area contributed by atoms with Crippen molar-refractivity contribution < 1.29 is 27.5 Å². The third-order valence-corrected chi connectivity index (χ3v) is 7.65.